The van der Waals surface area contributed by atoms with Crippen LogP contribution in [-0.2, 0) is 27.7 Å². The molecule has 0 saturated carbocycles. The molecular formula is C24H35N7O5S. The van der Waals surface area contributed by atoms with E-state index in [1.807, 2.05) is 13.8 Å². The number of likely N-dealkylation sites (N-methyl/N-ethyl adjacent to an activating group) is 1. The molecule has 0 radical (unpaired) electrons. The molecule has 1 fully saturated rings. The van der Waals surface area contributed by atoms with Crippen molar-refractivity contribution >= 4 is 21.1 Å². The Morgan fingerprint density at radius 1 is 1.14 bits per heavy atom. The third kappa shape index (κ3) is 5.40. The summed E-state index contributed by atoms with van der Waals surface area (Å²) in [4.78, 5) is 27.1. The molecule has 0 spiro atoms. The zero-order valence-electron chi connectivity index (χ0n) is 22.0. The van der Waals surface area contributed by atoms with Gasteiger partial charge in [-0.1, -0.05) is 13.8 Å². The van der Waals surface area contributed by atoms with Crippen molar-refractivity contribution in [1.29, 1.82) is 0 Å². The fourth-order valence-electron chi connectivity index (χ4n) is 4.44. The molecule has 1 aliphatic heterocycles. The molecule has 4 rings (SSSR count). The van der Waals surface area contributed by atoms with Crippen LogP contribution in [0, 0.1) is 0 Å². The van der Waals surface area contributed by atoms with Crippen molar-refractivity contribution in [1.82, 2.24) is 33.9 Å². The van der Waals surface area contributed by atoms with Crippen LogP contribution in [0.15, 0.2) is 22.0 Å². The smallest absolute Gasteiger partial charge is 0.279 e. The standard InChI is InChI=1S/C24H35N7O5S/c1-6-19-20-21(28-31(19)15-16(4)35-5)23(32)27-22(26-20)18-13-17(14-25-24(18)36-8-3)37(33,34)30-11-9-29(7-2)10-12-30/h13-14,16H,6-12,15H2,1-5H3,(H,26,27,32)/t16-/m1/s1. The third-order valence-electron chi connectivity index (χ3n) is 6.65. The number of H-pyrrole nitrogens is 1. The Balaban J connectivity index is 1.81. The number of aromatic amines is 1. The van der Waals surface area contributed by atoms with Crippen LogP contribution in [-0.4, -0.2) is 94.9 Å². The molecule has 1 atom stereocenters. The van der Waals surface area contributed by atoms with Gasteiger partial charge in [-0.3, -0.25) is 9.48 Å². The number of sulfonamides is 1. The summed E-state index contributed by atoms with van der Waals surface area (Å²) < 4.78 is 41.2. The molecule has 1 aliphatic rings. The highest BCUT2D eigenvalue weighted by molar-refractivity contribution is 7.89. The molecule has 3 aromatic heterocycles. The van der Waals surface area contributed by atoms with Crippen LogP contribution in [0.4, 0.5) is 0 Å². The molecule has 1 saturated heterocycles. The number of rotatable bonds is 10. The lowest BCUT2D eigenvalue weighted by Gasteiger charge is -2.33. The lowest BCUT2D eigenvalue weighted by atomic mass is 10.2. The monoisotopic (exact) mass is 533 g/mol. The van der Waals surface area contributed by atoms with Gasteiger partial charge in [0, 0.05) is 33.3 Å². The van der Waals surface area contributed by atoms with E-state index in [0.29, 0.717) is 56.8 Å². The maximum absolute atomic E-state index is 13.5. The lowest BCUT2D eigenvalue weighted by molar-refractivity contribution is 0.0992. The minimum Gasteiger partial charge on any atom is -0.477 e. The van der Waals surface area contributed by atoms with Gasteiger partial charge in [0.25, 0.3) is 5.56 Å². The molecule has 12 nitrogen and oxygen atoms in total. The van der Waals surface area contributed by atoms with Crippen LogP contribution in [0.1, 0.15) is 33.4 Å². The van der Waals surface area contributed by atoms with Gasteiger partial charge in [-0.25, -0.2) is 18.4 Å². The predicted octanol–water partition coefficient (Wildman–Crippen LogP) is 1.50. The van der Waals surface area contributed by atoms with E-state index in [1.54, 1.807) is 18.7 Å². The van der Waals surface area contributed by atoms with Gasteiger partial charge in [0.2, 0.25) is 15.9 Å². The first kappa shape index (κ1) is 27.2. The summed E-state index contributed by atoms with van der Waals surface area (Å²) >= 11 is 0. The molecule has 0 bridgehead atoms. The van der Waals surface area contributed by atoms with Crippen molar-refractivity contribution in [2.24, 2.45) is 0 Å². The molecule has 3 aromatic rings. The fourth-order valence-corrected chi connectivity index (χ4v) is 5.84. The van der Waals surface area contributed by atoms with Crippen LogP contribution >= 0.6 is 0 Å². The second-order valence-electron chi connectivity index (χ2n) is 8.94. The third-order valence-corrected chi connectivity index (χ3v) is 8.51. The minimum atomic E-state index is -3.80. The molecule has 0 amide bonds. The van der Waals surface area contributed by atoms with Crippen molar-refractivity contribution in [3.05, 3.63) is 28.3 Å². The van der Waals surface area contributed by atoms with Crippen LogP contribution in [0.3, 0.4) is 0 Å². The van der Waals surface area contributed by atoms with Gasteiger partial charge in [-0.2, -0.15) is 9.40 Å². The van der Waals surface area contributed by atoms with Gasteiger partial charge in [-0.05, 0) is 32.9 Å². The van der Waals surface area contributed by atoms with Crippen LogP contribution < -0.4 is 10.3 Å². The number of piperazine rings is 1. The summed E-state index contributed by atoms with van der Waals surface area (Å²) in [6.45, 7) is 11.5. The first-order valence-electron chi connectivity index (χ1n) is 12.6. The largest absolute Gasteiger partial charge is 0.477 e. The number of aryl methyl sites for hydroxylation is 1. The quantitative estimate of drug-likeness (QED) is 0.411. The molecule has 202 valence electrons. The number of nitrogens with zero attached hydrogens (tertiary/aromatic N) is 6. The molecule has 0 unspecified atom stereocenters. The van der Waals surface area contributed by atoms with E-state index in [0.717, 1.165) is 12.2 Å². The van der Waals surface area contributed by atoms with Gasteiger partial charge in [0.15, 0.2) is 5.52 Å². The van der Waals surface area contributed by atoms with Crippen molar-refractivity contribution in [2.45, 2.75) is 51.7 Å². The number of ether oxygens (including phenoxy) is 2. The van der Waals surface area contributed by atoms with Crippen LogP contribution in [0.5, 0.6) is 5.88 Å². The second kappa shape index (κ2) is 11.3. The highest BCUT2D eigenvalue weighted by Gasteiger charge is 2.30. The number of nitrogens with one attached hydrogen (secondary N) is 1. The molecule has 0 aromatic carbocycles. The highest BCUT2D eigenvalue weighted by atomic mass is 32.2. The topological polar surface area (TPSA) is 136 Å². The Kier molecular flexibility index (Phi) is 8.26. The first-order valence-corrected chi connectivity index (χ1v) is 14.1. The molecule has 4 heterocycles. The van der Waals surface area contributed by atoms with Crippen LogP contribution in [0.2, 0.25) is 0 Å². The van der Waals surface area contributed by atoms with Crippen molar-refractivity contribution < 1.29 is 17.9 Å². The molecule has 13 heteroatoms. The summed E-state index contributed by atoms with van der Waals surface area (Å²) in [6.07, 6.45) is 1.79. The van der Waals surface area contributed by atoms with E-state index in [9.17, 15) is 13.2 Å². The van der Waals surface area contributed by atoms with Crippen molar-refractivity contribution in [3.63, 3.8) is 0 Å². The Morgan fingerprint density at radius 2 is 1.86 bits per heavy atom. The number of fused-ring (bicyclic) bond motifs is 1. The van der Waals surface area contributed by atoms with Gasteiger partial charge in [0.05, 0.1) is 36.7 Å². The van der Waals surface area contributed by atoms with E-state index >= 15 is 0 Å². The maximum atomic E-state index is 13.5. The van der Waals surface area contributed by atoms with E-state index in [4.69, 9.17) is 14.5 Å². The van der Waals surface area contributed by atoms with Crippen molar-refractivity contribution in [2.75, 3.05) is 46.4 Å². The average Bonchev–Trinajstić information content (AvgIpc) is 3.26. The van der Waals surface area contributed by atoms with Gasteiger partial charge in [0.1, 0.15) is 16.2 Å². The number of aromatic nitrogens is 5. The molecule has 37 heavy (non-hydrogen) atoms. The van der Waals surface area contributed by atoms with Gasteiger partial charge >= 0.3 is 0 Å². The SMILES string of the molecule is CCOc1ncc(S(=O)(=O)N2CCN(CC)CC2)cc1-c1nc2c(CC)n(C[C@@H](C)OC)nc2c(=O)[nH]1. The predicted molar refractivity (Wildman–Crippen MR) is 139 cm³/mol. The maximum Gasteiger partial charge on any atom is 0.279 e. The van der Waals surface area contributed by atoms with E-state index in [-0.39, 0.29) is 28.2 Å². The lowest BCUT2D eigenvalue weighted by Crippen LogP contribution is -2.48. The van der Waals surface area contributed by atoms with Crippen LogP contribution in [0.25, 0.3) is 22.4 Å². The Bertz CT molecular complexity index is 1410. The minimum absolute atomic E-state index is 0.0268. The zero-order chi connectivity index (χ0) is 26.7. The number of pyridine rings is 1. The van der Waals surface area contributed by atoms with E-state index < -0.39 is 15.6 Å². The van der Waals surface area contributed by atoms with Gasteiger partial charge in [-0.15, -0.1) is 0 Å². The average molecular weight is 534 g/mol. The number of methoxy groups -OCH3 is 1. The molecule has 1 N–H and O–H groups in total. The Hall–Kier alpha value is -2.87. The van der Waals surface area contributed by atoms with Crippen molar-refractivity contribution in [3.8, 4) is 17.3 Å². The normalized spacial score (nSPS) is 16.4. The first-order chi connectivity index (χ1) is 17.7. The Labute approximate surface area is 216 Å². The number of hydrogen-bond acceptors (Lipinski definition) is 9. The summed E-state index contributed by atoms with van der Waals surface area (Å²) in [5.74, 6) is 0.369. The number of hydrogen-bond donors (Lipinski definition) is 1. The summed E-state index contributed by atoms with van der Waals surface area (Å²) in [6, 6.07) is 1.48. The van der Waals surface area contributed by atoms with E-state index in [1.165, 1.54) is 16.6 Å². The molecule has 0 aliphatic carbocycles. The summed E-state index contributed by atoms with van der Waals surface area (Å²) in [5.41, 5.74) is 1.33. The summed E-state index contributed by atoms with van der Waals surface area (Å²) in [5, 5.41) is 4.47. The second-order valence-corrected chi connectivity index (χ2v) is 10.9. The van der Waals surface area contributed by atoms with Gasteiger partial charge < -0.3 is 19.4 Å². The zero-order valence-corrected chi connectivity index (χ0v) is 22.8. The van der Waals surface area contributed by atoms with E-state index in [2.05, 4.69) is 26.9 Å². The summed E-state index contributed by atoms with van der Waals surface area (Å²) in [7, 11) is -2.17. The highest BCUT2D eigenvalue weighted by Crippen LogP contribution is 2.30. The fraction of sp³-hybridized carbons (Fsp3) is 0.583. The Morgan fingerprint density at radius 3 is 2.49 bits per heavy atom. The molecular weight excluding hydrogens is 498 g/mol.